The number of nitrogens with one attached hydrogen (secondary N) is 1. The molecule has 104 valence electrons. The summed E-state index contributed by atoms with van der Waals surface area (Å²) >= 11 is 0. The Labute approximate surface area is 118 Å². The lowest BCUT2D eigenvalue weighted by Crippen LogP contribution is -2.06. The van der Waals surface area contributed by atoms with E-state index < -0.39 is 5.97 Å². The van der Waals surface area contributed by atoms with E-state index in [9.17, 15) is 9.90 Å². The van der Waals surface area contributed by atoms with Gasteiger partial charge in [0.15, 0.2) is 0 Å². The van der Waals surface area contributed by atoms with Gasteiger partial charge in [-0.2, -0.15) is 0 Å². The molecule has 0 bridgehead atoms. The van der Waals surface area contributed by atoms with Crippen molar-refractivity contribution in [3.05, 3.63) is 52.6 Å². The van der Waals surface area contributed by atoms with E-state index in [0.717, 1.165) is 22.5 Å². The third-order valence-corrected chi connectivity index (χ3v) is 3.50. The molecule has 0 spiro atoms. The summed E-state index contributed by atoms with van der Waals surface area (Å²) in [5.74, 6) is -1.02. The highest BCUT2D eigenvalue weighted by Crippen LogP contribution is 2.27. The summed E-state index contributed by atoms with van der Waals surface area (Å²) < 4.78 is 0. The smallest absolute Gasteiger partial charge is 0.337 e. The van der Waals surface area contributed by atoms with Crippen LogP contribution in [0.3, 0.4) is 0 Å². The summed E-state index contributed by atoms with van der Waals surface area (Å²) in [5, 5.41) is 12.4. The average molecular weight is 270 g/mol. The molecule has 0 saturated heterocycles. The Kier molecular flexibility index (Phi) is 3.66. The van der Waals surface area contributed by atoms with Crippen molar-refractivity contribution in [3.63, 3.8) is 0 Å². The van der Waals surface area contributed by atoms with E-state index in [-0.39, 0.29) is 5.56 Å². The van der Waals surface area contributed by atoms with Crippen molar-refractivity contribution in [2.75, 3.05) is 11.1 Å². The van der Waals surface area contributed by atoms with Crippen LogP contribution < -0.4 is 11.1 Å². The number of carboxylic acids is 1. The monoisotopic (exact) mass is 270 g/mol. The van der Waals surface area contributed by atoms with Gasteiger partial charge >= 0.3 is 5.97 Å². The lowest BCUT2D eigenvalue weighted by atomic mass is 10.1. The fourth-order valence-corrected chi connectivity index (χ4v) is 2.09. The minimum Gasteiger partial charge on any atom is -0.478 e. The molecule has 2 aromatic carbocycles. The zero-order valence-corrected chi connectivity index (χ0v) is 11.8. The van der Waals surface area contributed by atoms with Gasteiger partial charge in [-0.3, -0.25) is 0 Å². The first-order valence-corrected chi connectivity index (χ1v) is 6.37. The molecule has 20 heavy (non-hydrogen) atoms. The van der Waals surface area contributed by atoms with E-state index >= 15 is 0 Å². The van der Waals surface area contributed by atoms with Crippen LogP contribution in [0, 0.1) is 20.8 Å². The van der Waals surface area contributed by atoms with Crippen molar-refractivity contribution < 1.29 is 9.90 Å². The predicted molar refractivity (Wildman–Crippen MR) is 81.7 cm³/mol. The molecule has 4 N–H and O–H groups in total. The minimum absolute atomic E-state index is 0.123. The van der Waals surface area contributed by atoms with Gasteiger partial charge < -0.3 is 16.2 Å². The van der Waals surface area contributed by atoms with Crippen molar-refractivity contribution in [3.8, 4) is 0 Å². The quantitative estimate of drug-likeness (QED) is 0.744. The topological polar surface area (TPSA) is 75.3 Å². The first-order valence-electron chi connectivity index (χ1n) is 6.37. The summed E-state index contributed by atoms with van der Waals surface area (Å²) in [4.78, 5) is 11.2. The number of nitrogens with two attached hydrogens (primary N) is 1. The van der Waals surface area contributed by atoms with Gasteiger partial charge in [0.2, 0.25) is 0 Å². The number of carboxylic acid groups (broad SMARTS) is 1. The zero-order valence-electron chi connectivity index (χ0n) is 11.8. The number of benzene rings is 2. The van der Waals surface area contributed by atoms with Crippen molar-refractivity contribution in [1.29, 1.82) is 0 Å². The number of hydrogen-bond acceptors (Lipinski definition) is 3. The van der Waals surface area contributed by atoms with Crippen LogP contribution in [0.25, 0.3) is 0 Å². The Morgan fingerprint density at radius 3 is 2.50 bits per heavy atom. The maximum absolute atomic E-state index is 11.2. The van der Waals surface area contributed by atoms with E-state index in [1.807, 2.05) is 38.1 Å². The molecule has 0 saturated carbocycles. The van der Waals surface area contributed by atoms with Crippen LogP contribution in [0.5, 0.6) is 0 Å². The van der Waals surface area contributed by atoms with E-state index in [4.69, 9.17) is 5.73 Å². The molecule has 0 atom stereocenters. The fraction of sp³-hybridized carbons (Fsp3) is 0.188. The average Bonchev–Trinajstić information content (AvgIpc) is 2.38. The first-order chi connectivity index (χ1) is 9.40. The number of nitrogen functional groups attached to an aromatic ring is 1. The standard InChI is InChI=1S/C16H18N2O2/c1-9-5-4-6-14(11(9)3)18-12-7-10(2)15(17)13(8-12)16(19)20/h4-8,18H,17H2,1-3H3,(H,19,20). The molecule has 0 radical (unpaired) electrons. The van der Waals surface area contributed by atoms with Crippen molar-refractivity contribution in [2.24, 2.45) is 0 Å². The lowest BCUT2D eigenvalue weighted by Gasteiger charge is -2.14. The molecule has 0 fully saturated rings. The Balaban J connectivity index is 2.44. The van der Waals surface area contributed by atoms with Gasteiger partial charge in [-0.1, -0.05) is 12.1 Å². The third-order valence-electron chi connectivity index (χ3n) is 3.50. The molecule has 0 aliphatic carbocycles. The first kappa shape index (κ1) is 13.9. The fourth-order valence-electron chi connectivity index (χ4n) is 2.09. The second-order valence-electron chi connectivity index (χ2n) is 4.93. The highest BCUT2D eigenvalue weighted by molar-refractivity contribution is 5.96. The zero-order chi connectivity index (χ0) is 14.9. The molecule has 4 heteroatoms. The maximum Gasteiger partial charge on any atom is 0.337 e. The number of hydrogen-bond donors (Lipinski definition) is 3. The molecule has 0 heterocycles. The van der Waals surface area contributed by atoms with Gasteiger partial charge in [0.25, 0.3) is 0 Å². The second-order valence-corrected chi connectivity index (χ2v) is 4.93. The maximum atomic E-state index is 11.2. The summed E-state index contributed by atoms with van der Waals surface area (Å²) in [5.41, 5.74) is 11.0. The number of aryl methyl sites for hydroxylation is 2. The molecule has 0 aliphatic rings. The van der Waals surface area contributed by atoms with Crippen molar-refractivity contribution in [2.45, 2.75) is 20.8 Å². The van der Waals surface area contributed by atoms with Crippen LogP contribution in [0.2, 0.25) is 0 Å². The lowest BCUT2D eigenvalue weighted by molar-refractivity contribution is 0.0698. The summed E-state index contributed by atoms with van der Waals surface area (Å²) in [6, 6.07) is 9.38. The van der Waals surface area contributed by atoms with Gasteiger partial charge in [-0.15, -0.1) is 0 Å². The number of anilines is 3. The highest BCUT2D eigenvalue weighted by atomic mass is 16.4. The number of aromatic carboxylic acids is 1. The Morgan fingerprint density at radius 2 is 1.85 bits per heavy atom. The highest BCUT2D eigenvalue weighted by Gasteiger charge is 2.12. The van der Waals surface area contributed by atoms with Crippen LogP contribution in [-0.4, -0.2) is 11.1 Å². The third kappa shape index (κ3) is 2.59. The molecule has 2 rings (SSSR count). The van der Waals surface area contributed by atoms with Crippen molar-refractivity contribution >= 4 is 23.0 Å². The van der Waals surface area contributed by atoms with Gasteiger partial charge in [-0.05, 0) is 55.7 Å². The van der Waals surface area contributed by atoms with Crippen LogP contribution >= 0.6 is 0 Å². The van der Waals surface area contributed by atoms with Crippen LogP contribution in [0.1, 0.15) is 27.0 Å². The van der Waals surface area contributed by atoms with E-state index in [0.29, 0.717) is 5.69 Å². The molecule has 4 nitrogen and oxygen atoms in total. The van der Waals surface area contributed by atoms with E-state index in [2.05, 4.69) is 5.32 Å². The number of carbonyl (C=O) groups is 1. The normalized spacial score (nSPS) is 10.3. The molecule has 0 unspecified atom stereocenters. The molecular weight excluding hydrogens is 252 g/mol. The molecule has 0 amide bonds. The summed E-state index contributed by atoms with van der Waals surface area (Å²) in [6.45, 7) is 5.87. The number of rotatable bonds is 3. The van der Waals surface area contributed by atoms with Crippen LogP contribution in [0.15, 0.2) is 30.3 Å². The van der Waals surface area contributed by atoms with Gasteiger partial charge in [-0.25, -0.2) is 4.79 Å². The molecule has 0 aromatic heterocycles. The van der Waals surface area contributed by atoms with E-state index in [1.54, 1.807) is 13.0 Å². The second kappa shape index (κ2) is 5.25. The van der Waals surface area contributed by atoms with Gasteiger partial charge in [0.05, 0.1) is 5.56 Å². The summed E-state index contributed by atoms with van der Waals surface area (Å²) in [7, 11) is 0. The molecule has 0 aliphatic heterocycles. The SMILES string of the molecule is Cc1cccc(Nc2cc(C)c(N)c(C(=O)O)c2)c1C. The van der Waals surface area contributed by atoms with E-state index in [1.165, 1.54) is 5.56 Å². The molecule has 2 aromatic rings. The Morgan fingerprint density at radius 1 is 1.15 bits per heavy atom. The Bertz CT molecular complexity index is 678. The predicted octanol–water partition coefficient (Wildman–Crippen LogP) is 3.64. The van der Waals surface area contributed by atoms with Gasteiger partial charge in [0, 0.05) is 17.1 Å². The Hall–Kier alpha value is -2.49. The van der Waals surface area contributed by atoms with Crippen LogP contribution in [-0.2, 0) is 0 Å². The molecular formula is C16H18N2O2. The van der Waals surface area contributed by atoms with Crippen LogP contribution in [0.4, 0.5) is 17.1 Å². The largest absolute Gasteiger partial charge is 0.478 e. The summed E-state index contributed by atoms with van der Waals surface area (Å²) in [6.07, 6.45) is 0. The minimum atomic E-state index is -1.02. The van der Waals surface area contributed by atoms with Gasteiger partial charge in [0.1, 0.15) is 0 Å². The van der Waals surface area contributed by atoms with Crippen molar-refractivity contribution in [1.82, 2.24) is 0 Å².